The molecule has 0 bridgehead atoms. The molecule has 0 aromatic heterocycles. The largest absolute Gasteiger partial charge is 0.461 e. The lowest BCUT2D eigenvalue weighted by molar-refractivity contribution is -0.156. The molecule has 1 aromatic carbocycles. The van der Waals surface area contributed by atoms with Gasteiger partial charge in [-0.05, 0) is 43.1 Å². The summed E-state index contributed by atoms with van der Waals surface area (Å²) < 4.78 is 6.00. The third-order valence-electron chi connectivity index (χ3n) is 5.93. The van der Waals surface area contributed by atoms with E-state index in [-0.39, 0.29) is 24.2 Å². The molecule has 2 aliphatic rings. The van der Waals surface area contributed by atoms with Crippen molar-refractivity contribution in [1.82, 2.24) is 4.90 Å². The highest BCUT2D eigenvalue weighted by Gasteiger charge is 2.46. The van der Waals surface area contributed by atoms with Gasteiger partial charge < -0.3 is 4.74 Å². The fourth-order valence-electron chi connectivity index (χ4n) is 4.19. The highest BCUT2D eigenvalue weighted by molar-refractivity contribution is 5.79. The van der Waals surface area contributed by atoms with Crippen molar-refractivity contribution < 1.29 is 9.53 Å². The molecule has 2 fully saturated rings. The number of ether oxygens (including phenoxy) is 1. The molecule has 1 heterocycles. The van der Waals surface area contributed by atoms with Crippen molar-refractivity contribution in [3.8, 4) is 0 Å². The SMILES string of the molecule is CC(C)[C@@H]1CC[C@@H](C)C[C@H]1OC(=O)C1CN1[C@H](C)c1ccccc1. The summed E-state index contributed by atoms with van der Waals surface area (Å²) >= 11 is 0. The summed E-state index contributed by atoms with van der Waals surface area (Å²) in [5.41, 5.74) is 1.26. The predicted molar refractivity (Wildman–Crippen MR) is 96.6 cm³/mol. The van der Waals surface area contributed by atoms with Crippen LogP contribution in [0.3, 0.4) is 0 Å². The zero-order chi connectivity index (χ0) is 17.3. The Morgan fingerprint density at radius 2 is 1.88 bits per heavy atom. The summed E-state index contributed by atoms with van der Waals surface area (Å²) in [7, 11) is 0. The molecule has 132 valence electrons. The van der Waals surface area contributed by atoms with Gasteiger partial charge in [0.25, 0.3) is 0 Å². The number of nitrogens with zero attached hydrogens (tertiary/aromatic N) is 1. The van der Waals surface area contributed by atoms with Crippen molar-refractivity contribution in [2.24, 2.45) is 17.8 Å². The molecule has 1 saturated heterocycles. The van der Waals surface area contributed by atoms with Crippen molar-refractivity contribution in [3.63, 3.8) is 0 Å². The number of benzene rings is 1. The summed E-state index contributed by atoms with van der Waals surface area (Å²) in [4.78, 5) is 14.9. The van der Waals surface area contributed by atoms with E-state index in [4.69, 9.17) is 4.74 Å². The van der Waals surface area contributed by atoms with Crippen molar-refractivity contribution in [2.45, 2.75) is 65.1 Å². The number of hydrogen-bond acceptors (Lipinski definition) is 3. The van der Waals surface area contributed by atoms with Gasteiger partial charge in [-0.15, -0.1) is 0 Å². The maximum atomic E-state index is 12.6. The summed E-state index contributed by atoms with van der Waals surface area (Å²) in [5.74, 6) is 1.75. The Bertz CT molecular complexity index is 556. The monoisotopic (exact) mass is 329 g/mol. The van der Waals surface area contributed by atoms with Gasteiger partial charge in [0.1, 0.15) is 12.1 Å². The molecule has 0 radical (unpaired) electrons. The lowest BCUT2D eigenvalue weighted by Crippen LogP contribution is -2.37. The van der Waals surface area contributed by atoms with Gasteiger partial charge in [0.2, 0.25) is 0 Å². The third-order valence-corrected chi connectivity index (χ3v) is 5.93. The van der Waals surface area contributed by atoms with Crippen molar-refractivity contribution in [2.75, 3.05) is 6.54 Å². The summed E-state index contributed by atoms with van der Waals surface area (Å²) in [5, 5.41) is 0. The van der Waals surface area contributed by atoms with Gasteiger partial charge >= 0.3 is 5.97 Å². The molecule has 0 amide bonds. The van der Waals surface area contributed by atoms with Crippen LogP contribution < -0.4 is 0 Å². The van der Waals surface area contributed by atoms with Crippen LogP contribution in [0, 0.1) is 17.8 Å². The van der Waals surface area contributed by atoms with E-state index in [9.17, 15) is 4.79 Å². The molecule has 1 aromatic rings. The molecule has 0 spiro atoms. The van der Waals surface area contributed by atoms with Gasteiger partial charge in [-0.2, -0.15) is 0 Å². The Morgan fingerprint density at radius 3 is 2.54 bits per heavy atom. The van der Waals surface area contributed by atoms with Crippen LogP contribution in [0.5, 0.6) is 0 Å². The Balaban J connectivity index is 1.57. The molecule has 1 aliphatic heterocycles. The van der Waals surface area contributed by atoms with E-state index in [1.807, 2.05) is 6.07 Å². The Hall–Kier alpha value is -1.35. The second kappa shape index (κ2) is 7.26. The fourth-order valence-corrected chi connectivity index (χ4v) is 4.19. The Morgan fingerprint density at radius 1 is 1.17 bits per heavy atom. The van der Waals surface area contributed by atoms with E-state index in [0.717, 1.165) is 13.0 Å². The molecule has 3 rings (SSSR count). The highest BCUT2D eigenvalue weighted by Crippen LogP contribution is 2.37. The minimum atomic E-state index is -0.0507. The van der Waals surface area contributed by atoms with Crippen LogP contribution in [0.1, 0.15) is 58.6 Å². The van der Waals surface area contributed by atoms with E-state index in [1.165, 1.54) is 18.4 Å². The normalized spacial score (nSPS) is 34.0. The molecular formula is C21H31NO2. The van der Waals surface area contributed by atoms with Crippen LogP contribution in [0.15, 0.2) is 30.3 Å². The molecule has 3 nitrogen and oxygen atoms in total. The first-order valence-corrected chi connectivity index (χ1v) is 9.48. The summed E-state index contributed by atoms with van der Waals surface area (Å²) in [6, 6.07) is 10.6. The minimum absolute atomic E-state index is 0.0115. The molecule has 1 aliphatic carbocycles. The van der Waals surface area contributed by atoms with Crippen molar-refractivity contribution in [1.29, 1.82) is 0 Å². The van der Waals surface area contributed by atoms with Crippen LogP contribution >= 0.6 is 0 Å². The molecular weight excluding hydrogens is 298 g/mol. The molecule has 1 saturated carbocycles. The zero-order valence-electron chi connectivity index (χ0n) is 15.4. The maximum Gasteiger partial charge on any atom is 0.325 e. The lowest BCUT2D eigenvalue weighted by Gasteiger charge is -2.36. The average molecular weight is 329 g/mol. The number of esters is 1. The van der Waals surface area contributed by atoms with Crippen LogP contribution in [0.25, 0.3) is 0 Å². The Kier molecular flexibility index (Phi) is 5.29. The van der Waals surface area contributed by atoms with Gasteiger partial charge in [-0.3, -0.25) is 9.69 Å². The standard InChI is InChI=1S/C21H31NO2/c1-14(2)18-11-10-15(3)12-20(18)24-21(23)19-13-22(19)16(4)17-8-6-5-7-9-17/h5-9,14-16,18-20H,10-13H2,1-4H3/t15-,16-,18+,19?,20-,22?/m1/s1. The quantitative estimate of drug-likeness (QED) is 0.591. The highest BCUT2D eigenvalue weighted by atomic mass is 16.5. The second-order valence-electron chi connectivity index (χ2n) is 8.10. The van der Waals surface area contributed by atoms with Crippen LogP contribution in [-0.2, 0) is 9.53 Å². The van der Waals surface area contributed by atoms with E-state index < -0.39 is 0 Å². The van der Waals surface area contributed by atoms with Gasteiger partial charge in [0.15, 0.2) is 0 Å². The first-order valence-electron chi connectivity index (χ1n) is 9.48. The number of rotatable bonds is 5. The third kappa shape index (κ3) is 3.83. The maximum absolute atomic E-state index is 12.6. The molecule has 6 atom stereocenters. The number of carbonyl (C=O) groups excluding carboxylic acids is 1. The van der Waals surface area contributed by atoms with Crippen molar-refractivity contribution >= 4 is 5.97 Å². The Labute approximate surface area is 146 Å². The summed E-state index contributed by atoms with van der Waals surface area (Å²) in [6.45, 7) is 9.77. The second-order valence-corrected chi connectivity index (χ2v) is 8.10. The molecule has 2 unspecified atom stereocenters. The van der Waals surface area contributed by atoms with E-state index in [0.29, 0.717) is 17.8 Å². The average Bonchev–Trinajstić information content (AvgIpc) is 3.35. The van der Waals surface area contributed by atoms with E-state index in [1.54, 1.807) is 0 Å². The molecule has 3 heteroatoms. The first-order chi connectivity index (χ1) is 11.5. The number of carbonyl (C=O) groups is 1. The van der Waals surface area contributed by atoms with E-state index >= 15 is 0 Å². The molecule has 24 heavy (non-hydrogen) atoms. The van der Waals surface area contributed by atoms with Gasteiger partial charge in [0, 0.05) is 12.6 Å². The first kappa shape index (κ1) is 17.5. The van der Waals surface area contributed by atoms with Gasteiger partial charge in [-0.1, -0.05) is 57.5 Å². The fraction of sp³-hybridized carbons (Fsp3) is 0.667. The van der Waals surface area contributed by atoms with Gasteiger partial charge in [0.05, 0.1) is 0 Å². The minimum Gasteiger partial charge on any atom is -0.461 e. The number of hydrogen-bond donors (Lipinski definition) is 0. The van der Waals surface area contributed by atoms with Crippen molar-refractivity contribution in [3.05, 3.63) is 35.9 Å². The topological polar surface area (TPSA) is 29.3 Å². The lowest BCUT2D eigenvalue weighted by atomic mass is 9.75. The van der Waals surface area contributed by atoms with Crippen LogP contribution in [0.2, 0.25) is 0 Å². The predicted octanol–water partition coefficient (Wildman–Crippen LogP) is 4.44. The summed E-state index contributed by atoms with van der Waals surface area (Å²) in [6.07, 6.45) is 3.58. The smallest absolute Gasteiger partial charge is 0.325 e. The molecule has 0 N–H and O–H groups in total. The van der Waals surface area contributed by atoms with Crippen LogP contribution in [0.4, 0.5) is 0 Å². The van der Waals surface area contributed by atoms with E-state index in [2.05, 4.69) is 56.9 Å². The zero-order valence-corrected chi connectivity index (χ0v) is 15.4. The van der Waals surface area contributed by atoms with Crippen LogP contribution in [-0.4, -0.2) is 29.6 Å². The van der Waals surface area contributed by atoms with Gasteiger partial charge in [-0.25, -0.2) is 0 Å².